The van der Waals surface area contributed by atoms with Crippen LogP contribution in [-0.4, -0.2) is 48.4 Å². The second-order valence-corrected chi connectivity index (χ2v) is 7.13. The highest BCUT2D eigenvalue weighted by molar-refractivity contribution is 8.04. The van der Waals surface area contributed by atoms with Crippen LogP contribution >= 0.6 is 11.8 Å². The van der Waals surface area contributed by atoms with Crippen molar-refractivity contribution in [1.29, 1.82) is 0 Å². The summed E-state index contributed by atoms with van der Waals surface area (Å²) in [5.41, 5.74) is 1.70. The van der Waals surface area contributed by atoms with E-state index in [-0.39, 0.29) is 25.0 Å². The molecule has 3 rings (SSSR count). The second-order valence-electron chi connectivity index (χ2n) is 6.02. The molecule has 28 heavy (non-hydrogen) atoms. The first kappa shape index (κ1) is 20.0. The molecule has 1 aliphatic heterocycles. The minimum Gasteiger partial charge on any atom is -0.497 e. The van der Waals surface area contributed by atoms with Gasteiger partial charge in [-0.05, 0) is 23.8 Å². The summed E-state index contributed by atoms with van der Waals surface area (Å²) in [5.74, 6) is 0.816. The van der Waals surface area contributed by atoms with E-state index in [0.717, 1.165) is 5.56 Å². The number of carbonyl (C=O) groups is 2. The predicted octanol–water partition coefficient (Wildman–Crippen LogP) is 2.71. The van der Waals surface area contributed by atoms with Crippen molar-refractivity contribution >= 4 is 29.1 Å². The molecule has 0 spiro atoms. The quantitative estimate of drug-likeness (QED) is 0.688. The molecular weight excluding hydrogens is 378 g/mol. The molecule has 0 saturated carbocycles. The number of hydrogen-bond donors (Lipinski definition) is 1. The lowest BCUT2D eigenvalue weighted by molar-refractivity contribution is -0.137. The fourth-order valence-electron chi connectivity index (χ4n) is 2.98. The first-order chi connectivity index (χ1) is 13.6. The number of aliphatic hydroxyl groups excluding tert-OH is 1. The molecule has 1 heterocycles. The van der Waals surface area contributed by atoms with Crippen molar-refractivity contribution in [3.05, 3.63) is 64.6 Å². The Morgan fingerprint density at radius 1 is 0.964 bits per heavy atom. The first-order valence-corrected chi connectivity index (χ1v) is 9.69. The number of nitrogens with zero attached hydrogens (tertiary/aromatic N) is 1. The van der Waals surface area contributed by atoms with E-state index in [9.17, 15) is 14.7 Å². The van der Waals surface area contributed by atoms with Gasteiger partial charge >= 0.3 is 0 Å². The number of benzene rings is 2. The third kappa shape index (κ3) is 3.90. The van der Waals surface area contributed by atoms with Crippen LogP contribution in [0.1, 0.15) is 11.1 Å². The van der Waals surface area contributed by atoms with Crippen LogP contribution in [0.3, 0.4) is 0 Å². The van der Waals surface area contributed by atoms with Gasteiger partial charge in [0.25, 0.3) is 11.8 Å². The topological polar surface area (TPSA) is 76.1 Å². The molecule has 7 heteroatoms. The smallest absolute Gasteiger partial charge is 0.268 e. The van der Waals surface area contributed by atoms with Crippen LogP contribution in [0.15, 0.2) is 53.4 Å². The molecule has 0 unspecified atom stereocenters. The largest absolute Gasteiger partial charge is 0.497 e. The lowest BCUT2D eigenvalue weighted by atomic mass is 10.0. The SMILES string of the molecule is COc1ccc(CN2C(=O)C(SCCO)=C(c3ccccc3OC)C2=O)cc1. The molecule has 2 aromatic rings. The summed E-state index contributed by atoms with van der Waals surface area (Å²) in [6.07, 6.45) is 0. The van der Waals surface area contributed by atoms with Gasteiger partial charge in [-0.1, -0.05) is 30.3 Å². The number of amides is 2. The van der Waals surface area contributed by atoms with Crippen LogP contribution in [-0.2, 0) is 16.1 Å². The Kier molecular flexibility index (Phi) is 6.38. The van der Waals surface area contributed by atoms with E-state index in [1.165, 1.54) is 23.8 Å². The van der Waals surface area contributed by atoms with Gasteiger partial charge in [0.1, 0.15) is 11.5 Å². The number of ether oxygens (including phenoxy) is 2. The van der Waals surface area contributed by atoms with Gasteiger partial charge in [-0.2, -0.15) is 0 Å². The van der Waals surface area contributed by atoms with Gasteiger partial charge in [0.2, 0.25) is 0 Å². The second kappa shape index (κ2) is 8.95. The van der Waals surface area contributed by atoms with Gasteiger partial charge in [-0.3, -0.25) is 14.5 Å². The zero-order chi connectivity index (χ0) is 20.1. The van der Waals surface area contributed by atoms with Crippen LogP contribution < -0.4 is 9.47 Å². The molecule has 6 nitrogen and oxygen atoms in total. The maximum atomic E-state index is 13.2. The van der Waals surface area contributed by atoms with E-state index in [1.54, 1.807) is 43.5 Å². The fraction of sp³-hybridized carbons (Fsp3) is 0.238. The number of aliphatic hydroxyl groups is 1. The number of imide groups is 1. The molecule has 146 valence electrons. The summed E-state index contributed by atoms with van der Waals surface area (Å²) in [6.45, 7) is 0.0663. The molecule has 0 saturated heterocycles. The van der Waals surface area contributed by atoms with Crippen molar-refractivity contribution < 1.29 is 24.2 Å². The third-order valence-corrected chi connectivity index (χ3v) is 5.39. The number of para-hydroxylation sites is 1. The molecule has 0 aliphatic carbocycles. The van der Waals surface area contributed by atoms with E-state index in [1.807, 2.05) is 12.1 Å². The Bertz CT molecular complexity index is 907. The summed E-state index contributed by atoms with van der Waals surface area (Å²) in [5, 5.41) is 9.20. The number of hydrogen-bond acceptors (Lipinski definition) is 6. The Labute approximate surface area is 167 Å². The molecule has 0 bridgehead atoms. The summed E-state index contributed by atoms with van der Waals surface area (Å²) in [7, 11) is 3.10. The molecule has 0 fully saturated rings. The highest BCUT2D eigenvalue weighted by Gasteiger charge is 2.40. The minimum atomic E-state index is -0.370. The number of thioether (sulfide) groups is 1. The molecule has 0 aromatic heterocycles. The lowest BCUT2D eigenvalue weighted by Gasteiger charge is -2.16. The molecule has 1 N–H and O–H groups in total. The van der Waals surface area contributed by atoms with Gasteiger partial charge in [-0.25, -0.2) is 0 Å². The number of methoxy groups -OCH3 is 2. The monoisotopic (exact) mass is 399 g/mol. The van der Waals surface area contributed by atoms with Crippen molar-refractivity contribution in [1.82, 2.24) is 4.90 Å². The number of rotatable bonds is 8. The van der Waals surface area contributed by atoms with Crippen LogP contribution in [0.5, 0.6) is 11.5 Å². The Morgan fingerprint density at radius 3 is 2.32 bits per heavy atom. The molecule has 2 aromatic carbocycles. The molecule has 0 radical (unpaired) electrons. The maximum Gasteiger partial charge on any atom is 0.268 e. The zero-order valence-electron chi connectivity index (χ0n) is 15.7. The van der Waals surface area contributed by atoms with Crippen molar-refractivity contribution in [2.45, 2.75) is 6.54 Å². The number of carbonyl (C=O) groups excluding carboxylic acids is 2. The Hall–Kier alpha value is -2.77. The minimum absolute atomic E-state index is 0.0900. The fourth-order valence-corrected chi connectivity index (χ4v) is 3.85. The van der Waals surface area contributed by atoms with E-state index < -0.39 is 0 Å². The van der Waals surface area contributed by atoms with Crippen LogP contribution in [0.25, 0.3) is 5.57 Å². The summed E-state index contributed by atoms with van der Waals surface area (Å²) in [4.78, 5) is 27.7. The van der Waals surface area contributed by atoms with Crippen LogP contribution in [0.2, 0.25) is 0 Å². The Morgan fingerprint density at radius 2 is 1.68 bits per heavy atom. The van der Waals surface area contributed by atoms with Gasteiger partial charge in [-0.15, -0.1) is 11.8 Å². The average Bonchev–Trinajstić information content (AvgIpc) is 2.96. The average molecular weight is 399 g/mol. The highest BCUT2D eigenvalue weighted by atomic mass is 32.2. The van der Waals surface area contributed by atoms with Crippen LogP contribution in [0, 0.1) is 0 Å². The maximum absolute atomic E-state index is 13.2. The van der Waals surface area contributed by atoms with Crippen molar-refractivity contribution in [3.63, 3.8) is 0 Å². The van der Waals surface area contributed by atoms with Gasteiger partial charge in [0.05, 0.1) is 37.8 Å². The summed E-state index contributed by atoms with van der Waals surface area (Å²) < 4.78 is 10.5. The summed E-state index contributed by atoms with van der Waals surface area (Å²) in [6, 6.07) is 14.3. The first-order valence-electron chi connectivity index (χ1n) is 8.71. The zero-order valence-corrected chi connectivity index (χ0v) is 16.5. The van der Waals surface area contributed by atoms with E-state index in [0.29, 0.717) is 33.3 Å². The molecule has 2 amide bonds. The van der Waals surface area contributed by atoms with Gasteiger partial charge in [0.15, 0.2) is 0 Å². The van der Waals surface area contributed by atoms with Gasteiger partial charge in [0, 0.05) is 11.3 Å². The lowest BCUT2D eigenvalue weighted by Crippen LogP contribution is -2.31. The van der Waals surface area contributed by atoms with Crippen molar-refractivity contribution in [2.24, 2.45) is 0 Å². The van der Waals surface area contributed by atoms with Gasteiger partial charge < -0.3 is 14.6 Å². The molecule has 1 aliphatic rings. The van der Waals surface area contributed by atoms with E-state index in [2.05, 4.69) is 0 Å². The van der Waals surface area contributed by atoms with Crippen LogP contribution in [0.4, 0.5) is 0 Å². The normalized spacial score (nSPS) is 14.0. The predicted molar refractivity (Wildman–Crippen MR) is 108 cm³/mol. The molecular formula is C21H21NO5S. The van der Waals surface area contributed by atoms with Crippen molar-refractivity contribution in [2.75, 3.05) is 26.6 Å². The Balaban J connectivity index is 1.96. The highest BCUT2D eigenvalue weighted by Crippen LogP contribution is 2.39. The summed E-state index contributed by atoms with van der Waals surface area (Å²) >= 11 is 1.18. The van der Waals surface area contributed by atoms with E-state index in [4.69, 9.17) is 9.47 Å². The third-order valence-electron chi connectivity index (χ3n) is 4.34. The van der Waals surface area contributed by atoms with E-state index >= 15 is 0 Å². The molecule has 0 atom stereocenters. The van der Waals surface area contributed by atoms with Crippen molar-refractivity contribution in [3.8, 4) is 11.5 Å². The standard InChI is InChI=1S/C21H21NO5S/c1-26-15-9-7-14(8-10-15)13-22-20(24)18(19(21(22)25)28-12-11-23)16-5-3-4-6-17(16)27-2/h3-10,23H,11-13H2,1-2H3.